The van der Waals surface area contributed by atoms with Crippen molar-refractivity contribution in [2.24, 2.45) is 0 Å². The van der Waals surface area contributed by atoms with Crippen molar-refractivity contribution in [3.05, 3.63) is 0 Å². The van der Waals surface area contributed by atoms with Crippen LogP contribution in [-0.4, -0.2) is 43.2 Å². The van der Waals surface area contributed by atoms with E-state index in [0.717, 1.165) is 11.5 Å². The SMILES string of the molecule is CCOC(=O)NCCSSCCNC(C)=O. The van der Waals surface area contributed by atoms with E-state index in [9.17, 15) is 9.59 Å². The van der Waals surface area contributed by atoms with Crippen LogP contribution in [0.4, 0.5) is 4.79 Å². The highest BCUT2D eigenvalue weighted by Gasteiger charge is 1.98. The maximum atomic E-state index is 10.9. The smallest absolute Gasteiger partial charge is 0.407 e. The van der Waals surface area contributed by atoms with Crippen LogP contribution < -0.4 is 10.6 Å². The highest BCUT2D eigenvalue weighted by Crippen LogP contribution is 2.19. The van der Waals surface area contributed by atoms with Crippen LogP contribution >= 0.6 is 21.6 Å². The Morgan fingerprint density at radius 1 is 1.12 bits per heavy atom. The number of carbonyl (C=O) groups excluding carboxylic acids is 2. The van der Waals surface area contributed by atoms with Crippen LogP contribution in [0.3, 0.4) is 0 Å². The van der Waals surface area contributed by atoms with Gasteiger partial charge in [0.1, 0.15) is 0 Å². The van der Waals surface area contributed by atoms with Gasteiger partial charge in [-0.25, -0.2) is 4.79 Å². The van der Waals surface area contributed by atoms with Crippen LogP contribution in [0, 0.1) is 0 Å². The Bertz CT molecular complexity index is 215. The lowest BCUT2D eigenvalue weighted by atomic mass is 10.6. The normalized spacial score (nSPS) is 9.62. The molecule has 0 unspecified atom stereocenters. The van der Waals surface area contributed by atoms with E-state index in [2.05, 4.69) is 10.6 Å². The zero-order chi connectivity index (χ0) is 12.2. The number of carbonyl (C=O) groups is 2. The van der Waals surface area contributed by atoms with Gasteiger partial charge < -0.3 is 15.4 Å². The van der Waals surface area contributed by atoms with Crippen LogP contribution in [0.25, 0.3) is 0 Å². The lowest BCUT2D eigenvalue weighted by Gasteiger charge is -2.04. The molecule has 7 heteroatoms. The fourth-order valence-electron chi connectivity index (χ4n) is 0.763. The number of alkyl carbamates (subject to hydrolysis) is 1. The van der Waals surface area contributed by atoms with E-state index >= 15 is 0 Å². The molecule has 0 radical (unpaired) electrons. The summed E-state index contributed by atoms with van der Waals surface area (Å²) in [4.78, 5) is 21.4. The molecule has 0 spiro atoms. The minimum absolute atomic E-state index is 0.00502. The van der Waals surface area contributed by atoms with Gasteiger partial charge in [0, 0.05) is 31.5 Å². The summed E-state index contributed by atoms with van der Waals surface area (Å²) in [6.45, 7) is 4.94. The molecule has 0 aliphatic heterocycles. The largest absolute Gasteiger partial charge is 0.450 e. The maximum Gasteiger partial charge on any atom is 0.407 e. The summed E-state index contributed by atoms with van der Waals surface area (Å²) >= 11 is 0. The van der Waals surface area contributed by atoms with Crippen LogP contribution in [0.15, 0.2) is 0 Å². The van der Waals surface area contributed by atoms with Gasteiger partial charge in [0.15, 0.2) is 0 Å². The van der Waals surface area contributed by atoms with E-state index in [1.54, 1.807) is 28.5 Å². The molecular formula is C9H18N2O3S2. The van der Waals surface area contributed by atoms with E-state index in [-0.39, 0.29) is 12.0 Å². The Morgan fingerprint density at radius 3 is 2.19 bits per heavy atom. The van der Waals surface area contributed by atoms with Crippen molar-refractivity contribution in [1.29, 1.82) is 0 Å². The quantitative estimate of drug-likeness (QED) is 0.511. The zero-order valence-corrected chi connectivity index (χ0v) is 11.2. The second kappa shape index (κ2) is 10.9. The molecule has 0 saturated heterocycles. The summed E-state index contributed by atoms with van der Waals surface area (Å²) in [6.07, 6.45) is -0.369. The van der Waals surface area contributed by atoms with Gasteiger partial charge in [0.2, 0.25) is 5.91 Å². The molecule has 94 valence electrons. The molecule has 0 aromatic carbocycles. The summed E-state index contributed by atoms with van der Waals surface area (Å²) in [7, 11) is 3.33. The number of rotatable bonds is 8. The van der Waals surface area contributed by atoms with E-state index in [4.69, 9.17) is 4.74 Å². The highest BCUT2D eigenvalue weighted by atomic mass is 33.1. The van der Waals surface area contributed by atoms with Gasteiger partial charge >= 0.3 is 6.09 Å². The molecule has 0 aromatic rings. The third-order valence-electron chi connectivity index (χ3n) is 1.37. The van der Waals surface area contributed by atoms with E-state index in [1.807, 2.05) is 0 Å². The van der Waals surface area contributed by atoms with Crippen molar-refractivity contribution in [3.8, 4) is 0 Å². The van der Waals surface area contributed by atoms with E-state index in [0.29, 0.717) is 19.7 Å². The molecule has 2 amide bonds. The zero-order valence-electron chi connectivity index (χ0n) is 9.58. The average molecular weight is 266 g/mol. The molecule has 5 nitrogen and oxygen atoms in total. The molecule has 0 heterocycles. The van der Waals surface area contributed by atoms with Gasteiger partial charge in [-0.05, 0) is 6.92 Å². The summed E-state index contributed by atoms with van der Waals surface area (Å²) in [5, 5.41) is 5.34. The molecule has 0 aliphatic rings. The summed E-state index contributed by atoms with van der Waals surface area (Å²) in [6, 6.07) is 0. The first-order valence-electron chi connectivity index (χ1n) is 5.06. The third kappa shape index (κ3) is 11.5. The van der Waals surface area contributed by atoms with Crippen LogP contribution in [0.1, 0.15) is 13.8 Å². The minimum atomic E-state index is -0.369. The first-order valence-corrected chi connectivity index (χ1v) is 7.55. The van der Waals surface area contributed by atoms with Gasteiger partial charge in [-0.3, -0.25) is 4.79 Å². The topological polar surface area (TPSA) is 67.4 Å². The Kier molecular flexibility index (Phi) is 10.6. The Morgan fingerprint density at radius 2 is 1.69 bits per heavy atom. The van der Waals surface area contributed by atoms with Gasteiger partial charge in [0.25, 0.3) is 0 Å². The Balaban J connectivity index is 3.09. The van der Waals surface area contributed by atoms with Gasteiger partial charge in [-0.2, -0.15) is 0 Å². The second-order valence-corrected chi connectivity index (χ2v) is 5.48. The standard InChI is InChI=1S/C9H18N2O3S2/c1-3-14-9(13)11-5-7-16-15-6-4-10-8(2)12/h3-7H2,1-2H3,(H,10,12)(H,11,13). The second-order valence-electron chi connectivity index (χ2n) is 2.77. The molecular weight excluding hydrogens is 248 g/mol. The summed E-state index contributed by atoms with van der Waals surface area (Å²) in [5.74, 6) is 1.68. The fourth-order valence-corrected chi connectivity index (χ4v) is 2.58. The molecule has 0 saturated carbocycles. The molecule has 0 atom stereocenters. The molecule has 0 fully saturated rings. The van der Waals surface area contributed by atoms with Crippen molar-refractivity contribution in [2.45, 2.75) is 13.8 Å². The number of hydrogen-bond donors (Lipinski definition) is 2. The lowest BCUT2D eigenvalue weighted by Crippen LogP contribution is -2.26. The van der Waals surface area contributed by atoms with Crippen molar-refractivity contribution in [3.63, 3.8) is 0 Å². The van der Waals surface area contributed by atoms with Crippen molar-refractivity contribution in [2.75, 3.05) is 31.2 Å². The molecule has 0 aromatic heterocycles. The first-order chi connectivity index (χ1) is 7.66. The molecule has 0 rings (SSSR count). The summed E-state index contributed by atoms with van der Waals surface area (Å²) in [5.41, 5.74) is 0. The maximum absolute atomic E-state index is 10.9. The monoisotopic (exact) mass is 266 g/mol. The molecule has 2 N–H and O–H groups in total. The van der Waals surface area contributed by atoms with Crippen molar-refractivity contribution >= 4 is 33.6 Å². The Labute approximate surface area is 104 Å². The number of amides is 2. The van der Waals surface area contributed by atoms with Gasteiger partial charge in [-0.15, -0.1) is 0 Å². The summed E-state index contributed by atoms with van der Waals surface area (Å²) < 4.78 is 4.70. The molecule has 0 aliphatic carbocycles. The molecule has 0 bridgehead atoms. The van der Waals surface area contributed by atoms with Crippen LogP contribution in [-0.2, 0) is 9.53 Å². The van der Waals surface area contributed by atoms with E-state index < -0.39 is 0 Å². The predicted molar refractivity (Wildman–Crippen MR) is 68.6 cm³/mol. The minimum Gasteiger partial charge on any atom is -0.450 e. The fraction of sp³-hybridized carbons (Fsp3) is 0.778. The average Bonchev–Trinajstić information content (AvgIpc) is 2.22. The van der Waals surface area contributed by atoms with Crippen LogP contribution in [0.5, 0.6) is 0 Å². The van der Waals surface area contributed by atoms with Gasteiger partial charge in [-0.1, -0.05) is 21.6 Å². The Hall–Kier alpha value is -0.560. The lowest BCUT2D eigenvalue weighted by molar-refractivity contribution is -0.118. The van der Waals surface area contributed by atoms with E-state index in [1.165, 1.54) is 6.92 Å². The van der Waals surface area contributed by atoms with Crippen LogP contribution in [0.2, 0.25) is 0 Å². The van der Waals surface area contributed by atoms with Gasteiger partial charge in [0.05, 0.1) is 6.61 Å². The third-order valence-corrected chi connectivity index (χ3v) is 3.78. The predicted octanol–water partition coefficient (Wildman–Crippen LogP) is 1.25. The molecule has 16 heavy (non-hydrogen) atoms. The number of ether oxygens (including phenoxy) is 1. The number of nitrogens with one attached hydrogen (secondary N) is 2. The van der Waals surface area contributed by atoms with Crippen molar-refractivity contribution < 1.29 is 14.3 Å². The van der Waals surface area contributed by atoms with Crippen molar-refractivity contribution in [1.82, 2.24) is 10.6 Å². The highest BCUT2D eigenvalue weighted by molar-refractivity contribution is 8.76. The number of hydrogen-bond acceptors (Lipinski definition) is 5. The first kappa shape index (κ1) is 15.4.